The fourth-order valence-corrected chi connectivity index (χ4v) is 5.30. The number of H-pyrrole nitrogens is 1. The number of nitrogens with one attached hydrogen (secondary N) is 1. The van der Waals surface area contributed by atoms with E-state index in [1.54, 1.807) is 25.1 Å². The van der Waals surface area contributed by atoms with Crippen molar-refractivity contribution in [2.24, 2.45) is 0 Å². The summed E-state index contributed by atoms with van der Waals surface area (Å²) in [7, 11) is 0. The smallest absolute Gasteiger partial charge is 0.401 e. The first-order valence-corrected chi connectivity index (χ1v) is 11.9. The van der Waals surface area contributed by atoms with Crippen LogP contribution in [-0.4, -0.2) is 20.3 Å². The largest absolute Gasteiger partial charge is 0.433 e. The fraction of sp³-hybridized carbons (Fsp3) is 0.0741. The van der Waals surface area contributed by atoms with Gasteiger partial charge in [-0.05, 0) is 37.6 Å². The maximum atomic E-state index is 13.8. The highest BCUT2D eigenvalue weighted by atomic mass is 32.1. The molecule has 0 saturated heterocycles. The Kier molecular flexibility index (Phi) is 5.91. The van der Waals surface area contributed by atoms with Crippen LogP contribution in [0.5, 0.6) is 0 Å². The summed E-state index contributed by atoms with van der Waals surface area (Å²) in [4.78, 5) is 40.9. The molecule has 5 aromatic rings. The van der Waals surface area contributed by atoms with Crippen molar-refractivity contribution >= 4 is 45.6 Å². The number of aryl methyl sites for hydroxylation is 2. The maximum absolute atomic E-state index is 13.8. The Bertz CT molecular complexity index is 1950. The van der Waals surface area contributed by atoms with Gasteiger partial charge in [0.25, 0.3) is 5.56 Å². The highest BCUT2D eigenvalue weighted by Crippen LogP contribution is 2.25. The standard InChI is InChI=1S/C27H18N4O5S/c1-15-7-3-6-10-21(15)30-26(33)22(13-17-11-12-23(36-17)31(34)35)37-27(30)19(14-28)25(32)24-16(2)29-20-9-5-4-8-18(20)24/h3-13,29H,1-2H3/b22-13-,27-19-. The molecule has 1 N–H and O–H groups in total. The molecule has 0 unspecified atom stereocenters. The lowest BCUT2D eigenvalue weighted by Gasteiger charge is -2.07. The van der Waals surface area contributed by atoms with Gasteiger partial charge in [0.05, 0.1) is 21.8 Å². The number of benzene rings is 2. The Hall–Kier alpha value is -5.01. The predicted molar refractivity (Wildman–Crippen MR) is 139 cm³/mol. The summed E-state index contributed by atoms with van der Waals surface area (Å²) in [6, 6.07) is 19.0. The van der Waals surface area contributed by atoms with Crippen LogP contribution in [0.3, 0.4) is 0 Å². The van der Waals surface area contributed by atoms with E-state index in [0.717, 1.165) is 22.4 Å². The number of para-hydroxylation sites is 2. The highest BCUT2D eigenvalue weighted by Gasteiger charge is 2.23. The van der Waals surface area contributed by atoms with Gasteiger partial charge in [-0.3, -0.25) is 24.3 Å². The number of fused-ring (bicyclic) bond motifs is 1. The van der Waals surface area contributed by atoms with Crippen molar-refractivity contribution in [2.75, 3.05) is 0 Å². The first kappa shape index (κ1) is 23.7. The number of aromatic nitrogens is 2. The van der Waals surface area contributed by atoms with Crippen molar-refractivity contribution in [3.63, 3.8) is 0 Å². The molecule has 3 aromatic heterocycles. The molecule has 0 radical (unpaired) electrons. The summed E-state index contributed by atoms with van der Waals surface area (Å²) in [5, 5.41) is 21.9. The molecule has 0 aliphatic carbocycles. The van der Waals surface area contributed by atoms with E-state index >= 15 is 0 Å². The van der Waals surface area contributed by atoms with Crippen LogP contribution in [0.25, 0.3) is 28.2 Å². The number of hydrogen-bond acceptors (Lipinski definition) is 7. The molecule has 37 heavy (non-hydrogen) atoms. The second kappa shape index (κ2) is 9.22. The van der Waals surface area contributed by atoms with E-state index in [1.165, 1.54) is 22.8 Å². The van der Waals surface area contributed by atoms with Crippen molar-refractivity contribution in [2.45, 2.75) is 13.8 Å². The van der Waals surface area contributed by atoms with Crippen molar-refractivity contribution in [3.05, 3.63) is 113 Å². The molecule has 0 bridgehead atoms. The summed E-state index contributed by atoms with van der Waals surface area (Å²) >= 11 is 0.946. The van der Waals surface area contributed by atoms with Crippen LogP contribution in [0.15, 0.2) is 69.9 Å². The van der Waals surface area contributed by atoms with Crippen LogP contribution in [0.1, 0.15) is 27.4 Å². The van der Waals surface area contributed by atoms with Crippen LogP contribution < -0.4 is 14.8 Å². The molecule has 0 spiro atoms. The molecule has 0 amide bonds. The van der Waals surface area contributed by atoms with Crippen LogP contribution in [-0.2, 0) is 0 Å². The van der Waals surface area contributed by atoms with Gasteiger partial charge in [-0.25, -0.2) is 0 Å². The van der Waals surface area contributed by atoms with Gasteiger partial charge in [0.2, 0.25) is 5.78 Å². The topological polar surface area (TPSA) is 135 Å². The zero-order valence-corrected chi connectivity index (χ0v) is 20.5. The second-order valence-electron chi connectivity index (χ2n) is 8.26. The number of aromatic amines is 1. The number of nitro groups is 1. The third-order valence-electron chi connectivity index (χ3n) is 5.92. The Balaban J connectivity index is 1.84. The van der Waals surface area contributed by atoms with Crippen molar-refractivity contribution in [1.82, 2.24) is 9.55 Å². The number of ketones is 1. The Labute approximate surface area is 213 Å². The molecule has 0 saturated carbocycles. The van der Waals surface area contributed by atoms with Gasteiger partial charge in [-0.15, -0.1) is 11.3 Å². The van der Waals surface area contributed by atoms with Gasteiger partial charge in [0.15, 0.2) is 0 Å². The molecule has 182 valence electrons. The zero-order valence-electron chi connectivity index (χ0n) is 19.6. The normalized spacial score (nSPS) is 12.5. The zero-order chi connectivity index (χ0) is 26.3. The lowest BCUT2D eigenvalue weighted by Crippen LogP contribution is -2.32. The predicted octanol–water partition coefficient (Wildman–Crippen LogP) is 3.88. The Morgan fingerprint density at radius 3 is 2.57 bits per heavy atom. The SMILES string of the molecule is Cc1ccccc1-n1c(=O)/c(=C/c2ccc([N+](=O)[O-])o2)s/c1=C(/C#N)C(=O)c1c(C)[nH]c2ccccc12. The summed E-state index contributed by atoms with van der Waals surface area (Å²) in [5.41, 5.74) is 2.33. The number of nitriles is 1. The van der Waals surface area contributed by atoms with E-state index in [-0.39, 0.29) is 20.5 Å². The number of thiazole rings is 1. The second-order valence-corrected chi connectivity index (χ2v) is 9.29. The molecular formula is C27H18N4O5S. The van der Waals surface area contributed by atoms with Gasteiger partial charge in [0.1, 0.15) is 27.0 Å². The fourth-order valence-electron chi connectivity index (χ4n) is 4.22. The van der Waals surface area contributed by atoms with Crippen LogP contribution >= 0.6 is 11.3 Å². The number of hydrogen-bond donors (Lipinski definition) is 1. The minimum absolute atomic E-state index is 0.103. The minimum atomic E-state index is -0.674. The summed E-state index contributed by atoms with van der Waals surface area (Å²) < 4.78 is 6.85. The average Bonchev–Trinajstić information content (AvgIpc) is 3.56. The van der Waals surface area contributed by atoms with E-state index in [9.17, 15) is 25.0 Å². The molecule has 10 heteroatoms. The number of carbonyl (C=O) groups is 1. The monoisotopic (exact) mass is 510 g/mol. The third kappa shape index (κ3) is 4.07. The third-order valence-corrected chi connectivity index (χ3v) is 7.01. The Morgan fingerprint density at radius 1 is 1.14 bits per heavy atom. The van der Waals surface area contributed by atoms with Gasteiger partial charge < -0.3 is 9.40 Å². The molecule has 0 aliphatic rings. The van der Waals surface area contributed by atoms with E-state index in [1.807, 2.05) is 43.3 Å². The molecule has 0 atom stereocenters. The van der Waals surface area contributed by atoms with Crippen molar-refractivity contribution in [1.29, 1.82) is 5.26 Å². The van der Waals surface area contributed by atoms with Gasteiger partial charge >= 0.3 is 5.88 Å². The average molecular weight is 511 g/mol. The number of Topliss-reactive ketones (excluding diaryl/α,β-unsaturated/α-hetero) is 1. The highest BCUT2D eigenvalue weighted by molar-refractivity contribution is 7.07. The lowest BCUT2D eigenvalue weighted by molar-refractivity contribution is -0.402. The molecule has 5 rings (SSSR count). The van der Waals surface area contributed by atoms with Gasteiger partial charge in [0, 0.05) is 22.7 Å². The number of carbonyl (C=O) groups excluding carboxylic acids is 1. The molecule has 3 heterocycles. The first-order chi connectivity index (χ1) is 17.8. The molecule has 9 nitrogen and oxygen atoms in total. The maximum Gasteiger partial charge on any atom is 0.433 e. The lowest BCUT2D eigenvalue weighted by atomic mass is 10.0. The Morgan fingerprint density at radius 2 is 1.86 bits per heavy atom. The summed E-state index contributed by atoms with van der Waals surface area (Å²) in [6.07, 6.45) is 1.37. The number of furan rings is 1. The van der Waals surface area contributed by atoms with E-state index in [4.69, 9.17) is 4.42 Å². The van der Waals surface area contributed by atoms with Crippen LogP contribution in [0, 0.1) is 35.3 Å². The van der Waals surface area contributed by atoms with E-state index < -0.39 is 22.2 Å². The van der Waals surface area contributed by atoms with Gasteiger partial charge in [-0.1, -0.05) is 36.4 Å². The quantitative estimate of drug-likeness (QED) is 0.217. The van der Waals surface area contributed by atoms with Crippen LogP contribution in [0.4, 0.5) is 5.88 Å². The molecular weight excluding hydrogens is 492 g/mol. The molecule has 0 fully saturated rings. The van der Waals surface area contributed by atoms with Gasteiger partial charge in [-0.2, -0.15) is 5.26 Å². The number of rotatable bonds is 5. The molecule has 2 aromatic carbocycles. The molecule has 0 aliphatic heterocycles. The first-order valence-electron chi connectivity index (χ1n) is 11.1. The van der Waals surface area contributed by atoms with E-state index in [0.29, 0.717) is 22.3 Å². The van der Waals surface area contributed by atoms with Crippen molar-refractivity contribution < 1.29 is 14.1 Å². The van der Waals surface area contributed by atoms with E-state index in [2.05, 4.69) is 4.98 Å². The minimum Gasteiger partial charge on any atom is -0.401 e. The number of nitrogens with zero attached hydrogens (tertiary/aromatic N) is 3. The van der Waals surface area contributed by atoms with Crippen molar-refractivity contribution in [3.8, 4) is 11.8 Å². The summed E-state index contributed by atoms with van der Waals surface area (Å²) in [5.74, 6) is -0.872. The van der Waals surface area contributed by atoms with Crippen LogP contribution in [0.2, 0.25) is 0 Å². The summed E-state index contributed by atoms with van der Waals surface area (Å²) in [6.45, 7) is 3.58.